The largest absolute Gasteiger partial charge is 0.454 e. The number of thioether (sulfide) groups is 1. The quantitative estimate of drug-likeness (QED) is 0.153. The number of anilines is 1. The SMILES string of the molecule is N#Cc1ccc(-c2ccc3c(c2)OCO3)nc1SC1CC(=O)N(c2ccc(C(=O)OCC(=O)c3ccc(F)cc3)cc2)C1=O. The zero-order chi connectivity index (χ0) is 30.8. The number of ketones is 1. The number of imide groups is 1. The third-order valence-corrected chi connectivity index (χ3v) is 8.06. The molecule has 44 heavy (non-hydrogen) atoms. The van der Waals surface area contributed by atoms with Crippen LogP contribution in [0.1, 0.15) is 32.7 Å². The summed E-state index contributed by atoms with van der Waals surface area (Å²) in [5.74, 6) is -1.51. The molecule has 1 atom stereocenters. The van der Waals surface area contributed by atoms with E-state index >= 15 is 0 Å². The van der Waals surface area contributed by atoms with Crippen LogP contribution in [0.3, 0.4) is 0 Å². The number of esters is 1. The highest BCUT2D eigenvalue weighted by molar-refractivity contribution is 8.00. The Morgan fingerprint density at radius 1 is 0.977 bits per heavy atom. The number of benzene rings is 3. The second-order valence-electron chi connectivity index (χ2n) is 9.66. The summed E-state index contributed by atoms with van der Waals surface area (Å²) >= 11 is 1.03. The van der Waals surface area contributed by atoms with Gasteiger partial charge in [-0.1, -0.05) is 11.8 Å². The van der Waals surface area contributed by atoms with Crippen molar-refractivity contribution in [3.63, 3.8) is 0 Å². The first-order valence-corrected chi connectivity index (χ1v) is 14.1. The molecule has 0 aliphatic carbocycles. The van der Waals surface area contributed by atoms with Gasteiger partial charge >= 0.3 is 5.97 Å². The second-order valence-corrected chi connectivity index (χ2v) is 10.9. The van der Waals surface area contributed by atoms with Crippen molar-refractivity contribution in [3.05, 3.63) is 101 Å². The number of Topliss-reactive ketones (excluding diaryl/α,β-unsaturated/α-hetero) is 1. The lowest BCUT2D eigenvalue weighted by Gasteiger charge is -2.15. The molecule has 10 nitrogen and oxygen atoms in total. The summed E-state index contributed by atoms with van der Waals surface area (Å²) in [5, 5.41) is 9.15. The van der Waals surface area contributed by atoms with E-state index < -0.39 is 41.2 Å². The van der Waals surface area contributed by atoms with Gasteiger partial charge in [0, 0.05) is 17.5 Å². The number of fused-ring (bicyclic) bond motifs is 1. The maximum Gasteiger partial charge on any atom is 0.338 e. The first-order valence-electron chi connectivity index (χ1n) is 13.2. The topological polar surface area (TPSA) is 136 Å². The van der Waals surface area contributed by atoms with Gasteiger partial charge in [-0.25, -0.2) is 19.1 Å². The van der Waals surface area contributed by atoms with Crippen molar-refractivity contribution in [2.75, 3.05) is 18.3 Å². The van der Waals surface area contributed by atoms with Crippen molar-refractivity contribution in [1.29, 1.82) is 5.26 Å². The molecule has 0 saturated carbocycles. The molecule has 1 unspecified atom stereocenters. The van der Waals surface area contributed by atoms with Crippen LogP contribution in [0, 0.1) is 17.1 Å². The van der Waals surface area contributed by atoms with Gasteiger partial charge in [-0.3, -0.25) is 14.4 Å². The van der Waals surface area contributed by atoms with Crippen LogP contribution in [0.25, 0.3) is 11.3 Å². The number of amides is 2. The fourth-order valence-corrected chi connectivity index (χ4v) is 5.71. The first-order chi connectivity index (χ1) is 21.3. The van der Waals surface area contributed by atoms with E-state index in [1.54, 1.807) is 24.3 Å². The molecule has 1 saturated heterocycles. The van der Waals surface area contributed by atoms with E-state index in [1.165, 1.54) is 36.4 Å². The molecule has 1 fully saturated rings. The van der Waals surface area contributed by atoms with E-state index in [-0.39, 0.29) is 35.6 Å². The van der Waals surface area contributed by atoms with Gasteiger partial charge in [0.25, 0.3) is 0 Å². The molecule has 12 heteroatoms. The number of carbonyl (C=O) groups is 4. The average Bonchev–Trinajstić information content (AvgIpc) is 3.62. The molecular weight excluding hydrogens is 589 g/mol. The highest BCUT2D eigenvalue weighted by Crippen LogP contribution is 2.38. The molecule has 0 radical (unpaired) electrons. The third kappa shape index (κ3) is 5.73. The molecule has 0 spiro atoms. The van der Waals surface area contributed by atoms with Crippen molar-refractivity contribution in [3.8, 4) is 28.8 Å². The Balaban J connectivity index is 1.13. The molecule has 0 N–H and O–H groups in total. The lowest BCUT2D eigenvalue weighted by atomic mass is 10.1. The fraction of sp³-hybridized carbons (Fsp3) is 0.125. The number of pyridine rings is 1. The van der Waals surface area contributed by atoms with Crippen LogP contribution in [0.2, 0.25) is 0 Å². The van der Waals surface area contributed by atoms with E-state index in [0.29, 0.717) is 22.2 Å². The van der Waals surface area contributed by atoms with Crippen molar-refractivity contribution < 1.29 is 37.8 Å². The summed E-state index contributed by atoms with van der Waals surface area (Å²) in [6.45, 7) is -0.412. The summed E-state index contributed by atoms with van der Waals surface area (Å²) < 4.78 is 28.9. The summed E-state index contributed by atoms with van der Waals surface area (Å²) in [7, 11) is 0. The Hall–Kier alpha value is -5.54. The summed E-state index contributed by atoms with van der Waals surface area (Å²) in [6.07, 6.45) is -0.112. The Morgan fingerprint density at radius 3 is 2.45 bits per heavy atom. The van der Waals surface area contributed by atoms with Crippen molar-refractivity contribution in [1.82, 2.24) is 4.98 Å². The predicted molar refractivity (Wildman–Crippen MR) is 155 cm³/mol. The van der Waals surface area contributed by atoms with Gasteiger partial charge in [-0.2, -0.15) is 5.26 Å². The smallest absolute Gasteiger partial charge is 0.338 e. The van der Waals surface area contributed by atoms with Gasteiger partial charge in [0.2, 0.25) is 18.6 Å². The van der Waals surface area contributed by atoms with Gasteiger partial charge in [0.05, 0.1) is 27.8 Å². The van der Waals surface area contributed by atoms with Gasteiger partial charge in [-0.15, -0.1) is 0 Å². The maximum absolute atomic E-state index is 13.3. The number of carbonyl (C=O) groups excluding carboxylic acids is 4. The summed E-state index contributed by atoms with van der Waals surface area (Å²) in [5.41, 5.74) is 2.11. The molecule has 2 aliphatic rings. The molecule has 6 rings (SSSR count). The normalized spacial score (nSPS) is 15.3. The molecule has 0 bridgehead atoms. The third-order valence-electron chi connectivity index (χ3n) is 6.87. The van der Waals surface area contributed by atoms with Crippen LogP contribution >= 0.6 is 11.8 Å². The first kappa shape index (κ1) is 28.6. The molecular formula is C32H20FN3O7S. The van der Waals surface area contributed by atoms with Crippen molar-refractivity contribution >= 4 is 41.0 Å². The number of hydrogen-bond acceptors (Lipinski definition) is 10. The number of nitrogens with zero attached hydrogens (tertiary/aromatic N) is 3. The van der Waals surface area contributed by atoms with Crippen LogP contribution in [0.15, 0.2) is 83.9 Å². The molecule has 2 amide bonds. The van der Waals surface area contributed by atoms with Crippen LogP contribution < -0.4 is 14.4 Å². The Morgan fingerprint density at radius 2 is 1.70 bits per heavy atom. The number of ether oxygens (including phenoxy) is 3. The molecule has 218 valence electrons. The zero-order valence-corrected chi connectivity index (χ0v) is 23.5. The highest BCUT2D eigenvalue weighted by Gasteiger charge is 2.41. The number of rotatable bonds is 8. The maximum atomic E-state index is 13.3. The summed E-state index contributed by atoms with van der Waals surface area (Å²) in [4.78, 5) is 56.6. The van der Waals surface area contributed by atoms with Gasteiger partial charge < -0.3 is 14.2 Å². The van der Waals surface area contributed by atoms with Crippen LogP contribution in [-0.4, -0.2) is 47.2 Å². The number of aromatic nitrogens is 1. The van der Waals surface area contributed by atoms with E-state index in [0.717, 1.165) is 34.4 Å². The van der Waals surface area contributed by atoms with Gasteiger partial charge in [0.15, 0.2) is 23.9 Å². The number of hydrogen-bond donors (Lipinski definition) is 0. The Bertz CT molecular complexity index is 1860. The van der Waals surface area contributed by atoms with Gasteiger partial charge in [0.1, 0.15) is 16.9 Å². The van der Waals surface area contributed by atoms with Crippen molar-refractivity contribution in [2.45, 2.75) is 16.7 Å². The van der Waals surface area contributed by atoms with E-state index in [4.69, 9.17) is 14.2 Å². The van der Waals surface area contributed by atoms with Crippen LogP contribution in [0.4, 0.5) is 10.1 Å². The lowest BCUT2D eigenvalue weighted by molar-refractivity contribution is -0.121. The molecule has 3 heterocycles. The predicted octanol–water partition coefficient (Wildman–Crippen LogP) is 4.95. The fourth-order valence-electron chi connectivity index (χ4n) is 4.61. The Labute approximate surface area is 254 Å². The monoisotopic (exact) mass is 609 g/mol. The number of nitriles is 1. The standard InChI is InChI=1S/C32H20FN3O7S/c33-22-7-1-18(2-8-22)25(37)16-41-32(40)19-3-9-23(10-4-19)36-29(38)14-28(31(36)39)44-30-21(15-34)5-11-24(35-30)20-6-12-26-27(13-20)43-17-42-26/h1-13,28H,14,16-17H2. The molecule has 2 aliphatic heterocycles. The second kappa shape index (κ2) is 12.0. The summed E-state index contributed by atoms with van der Waals surface area (Å²) in [6, 6.07) is 21.2. The van der Waals surface area contributed by atoms with E-state index in [9.17, 15) is 28.8 Å². The highest BCUT2D eigenvalue weighted by atomic mass is 32.2. The van der Waals surface area contributed by atoms with E-state index in [1.807, 2.05) is 6.07 Å². The number of halogens is 1. The van der Waals surface area contributed by atoms with Crippen molar-refractivity contribution in [2.24, 2.45) is 0 Å². The molecule has 1 aromatic heterocycles. The molecule has 4 aromatic rings. The van der Waals surface area contributed by atoms with E-state index in [2.05, 4.69) is 11.1 Å². The van der Waals surface area contributed by atoms with Crippen LogP contribution in [-0.2, 0) is 14.3 Å². The van der Waals surface area contributed by atoms with Crippen LogP contribution in [0.5, 0.6) is 11.5 Å². The zero-order valence-electron chi connectivity index (χ0n) is 22.7. The van der Waals surface area contributed by atoms with Gasteiger partial charge in [-0.05, 0) is 78.9 Å². The molecule has 3 aromatic carbocycles. The average molecular weight is 610 g/mol. The minimum Gasteiger partial charge on any atom is -0.454 e. The minimum absolute atomic E-state index is 0.105. The lowest BCUT2D eigenvalue weighted by Crippen LogP contribution is -2.31. The minimum atomic E-state index is -0.823. The Kier molecular flexibility index (Phi) is 7.78.